The molecule has 0 aromatic rings. The van der Waals surface area contributed by atoms with Crippen LogP contribution in [0.15, 0.2) is 0 Å². The van der Waals surface area contributed by atoms with Gasteiger partial charge in [-0.1, -0.05) is 64.7 Å². The Labute approximate surface area is 145 Å². The summed E-state index contributed by atoms with van der Waals surface area (Å²) in [5.41, 5.74) is 0. The van der Waals surface area contributed by atoms with E-state index >= 15 is 0 Å². The van der Waals surface area contributed by atoms with E-state index in [1.165, 1.54) is 51.4 Å². The molecule has 0 spiro atoms. The molecular formula is C18H36O6. The predicted molar refractivity (Wildman–Crippen MR) is 91.6 cm³/mol. The minimum absolute atomic E-state index is 0.428. The molecule has 1 aliphatic rings. The van der Waals surface area contributed by atoms with Gasteiger partial charge in [-0.05, 0) is 6.42 Å². The minimum atomic E-state index is -1.37. The van der Waals surface area contributed by atoms with E-state index in [0.717, 1.165) is 12.8 Å². The maximum absolute atomic E-state index is 9.84. The molecule has 6 nitrogen and oxygen atoms in total. The summed E-state index contributed by atoms with van der Waals surface area (Å²) in [5.74, 6) is 0. The van der Waals surface area contributed by atoms with Gasteiger partial charge in [0.2, 0.25) is 0 Å². The molecule has 144 valence electrons. The van der Waals surface area contributed by atoms with Gasteiger partial charge in [-0.2, -0.15) is 0 Å². The third-order valence-corrected chi connectivity index (χ3v) is 4.63. The molecule has 5 atom stereocenters. The van der Waals surface area contributed by atoms with Gasteiger partial charge in [0.25, 0.3) is 0 Å². The first kappa shape index (κ1) is 21.8. The van der Waals surface area contributed by atoms with Crippen molar-refractivity contribution in [1.29, 1.82) is 0 Å². The van der Waals surface area contributed by atoms with Crippen LogP contribution in [-0.4, -0.2) is 64.3 Å². The van der Waals surface area contributed by atoms with Crippen molar-refractivity contribution in [2.75, 3.05) is 13.2 Å². The predicted octanol–water partition coefficient (Wildman–Crippen LogP) is 1.72. The van der Waals surface area contributed by atoms with Crippen LogP contribution in [0, 0.1) is 0 Å². The van der Waals surface area contributed by atoms with Gasteiger partial charge in [0.1, 0.15) is 24.4 Å². The summed E-state index contributed by atoms with van der Waals surface area (Å²) in [6.07, 6.45) is 6.37. The first-order valence-electron chi connectivity index (χ1n) is 9.54. The van der Waals surface area contributed by atoms with Gasteiger partial charge in [0, 0.05) is 6.61 Å². The van der Waals surface area contributed by atoms with Crippen LogP contribution in [0.2, 0.25) is 0 Å². The van der Waals surface area contributed by atoms with Crippen LogP contribution in [0.25, 0.3) is 0 Å². The number of rotatable bonds is 13. The van der Waals surface area contributed by atoms with Gasteiger partial charge in [0.05, 0.1) is 6.61 Å². The van der Waals surface area contributed by atoms with Crippen LogP contribution < -0.4 is 0 Å². The van der Waals surface area contributed by atoms with E-state index in [1.54, 1.807) is 0 Å². The highest BCUT2D eigenvalue weighted by Gasteiger charge is 2.43. The number of unbranched alkanes of at least 4 members (excludes halogenated alkanes) is 9. The van der Waals surface area contributed by atoms with Crippen molar-refractivity contribution in [1.82, 2.24) is 0 Å². The maximum atomic E-state index is 9.84. The lowest BCUT2D eigenvalue weighted by atomic mass is 9.99. The molecule has 0 bridgehead atoms. The van der Waals surface area contributed by atoms with Gasteiger partial charge in [-0.3, -0.25) is 0 Å². The van der Waals surface area contributed by atoms with Crippen molar-refractivity contribution >= 4 is 0 Å². The average molecular weight is 348 g/mol. The van der Waals surface area contributed by atoms with Crippen LogP contribution in [0.1, 0.15) is 71.1 Å². The zero-order valence-electron chi connectivity index (χ0n) is 15.0. The fourth-order valence-corrected chi connectivity index (χ4v) is 2.99. The normalized spacial score (nSPS) is 30.6. The monoisotopic (exact) mass is 348 g/mol. The van der Waals surface area contributed by atoms with Crippen molar-refractivity contribution in [3.8, 4) is 0 Å². The van der Waals surface area contributed by atoms with Crippen LogP contribution in [0.4, 0.5) is 0 Å². The van der Waals surface area contributed by atoms with E-state index in [9.17, 15) is 15.3 Å². The van der Waals surface area contributed by atoms with Crippen molar-refractivity contribution in [3.63, 3.8) is 0 Å². The van der Waals surface area contributed by atoms with E-state index in [4.69, 9.17) is 14.6 Å². The second kappa shape index (κ2) is 13.0. The number of aliphatic hydroxyl groups excluding tert-OH is 4. The van der Waals surface area contributed by atoms with E-state index in [2.05, 4.69) is 6.92 Å². The SMILES string of the molecule is CCCCCCCCCCCCO[C@@H]1O[C@@H](CO)[C@H](O)[C@@H](O)[C@@H]1O. The summed E-state index contributed by atoms with van der Waals surface area (Å²) in [7, 11) is 0. The van der Waals surface area contributed by atoms with E-state index in [-0.39, 0.29) is 0 Å². The number of aliphatic hydroxyl groups is 4. The summed E-state index contributed by atoms with van der Waals surface area (Å²) in [6.45, 7) is 2.23. The molecule has 0 aromatic heterocycles. The van der Waals surface area contributed by atoms with Crippen LogP contribution >= 0.6 is 0 Å². The fraction of sp³-hybridized carbons (Fsp3) is 1.00. The quantitative estimate of drug-likeness (QED) is 0.378. The van der Waals surface area contributed by atoms with Crippen LogP contribution in [-0.2, 0) is 9.47 Å². The molecule has 6 heteroatoms. The van der Waals surface area contributed by atoms with Gasteiger partial charge >= 0.3 is 0 Å². The van der Waals surface area contributed by atoms with Crippen molar-refractivity contribution in [2.45, 2.75) is 102 Å². The molecule has 0 saturated carbocycles. The molecule has 1 aliphatic heterocycles. The average Bonchev–Trinajstić information content (AvgIpc) is 2.59. The van der Waals surface area contributed by atoms with Gasteiger partial charge < -0.3 is 29.9 Å². The number of hydrogen-bond donors (Lipinski definition) is 4. The summed E-state index contributed by atoms with van der Waals surface area (Å²) in [6, 6.07) is 0. The highest BCUT2D eigenvalue weighted by Crippen LogP contribution is 2.22. The Hall–Kier alpha value is -0.240. The molecule has 1 fully saturated rings. The Morgan fingerprint density at radius 3 is 1.83 bits per heavy atom. The second-order valence-electron chi connectivity index (χ2n) is 6.75. The highest BCUT2D eigenvalue weighted by atomic mass is 16.7. The smallest absolute Gasteiger partial charge is 0.186 e. The lowest BCUT2D eigenvalue weighted by Gasteiger charge is -2.39. The first-order chi connectivity index (χ1) is 11.6. The molecule has 4 N–H and O–H groups in total. The Kier molecular flexibility index (Phi) is 11.8. The molecule has 24 heavy (non-hydrogen) atoms. The molecular weight excluding hydrogens is 312 g/mol. The lowest BCUT2D eigenvalue weighted by Crippen LogP contribution is -2.59. The summed E-state index contributed by atoms with van der Waals surface area (Å²) < 4.78 is 10.8. The molecule has 0 unspecified atom stereocenters. The van der Waals surface area contributed by atoms with Crippen LogP contribution in [0.3, 0.4) is 0 Å². The maximum Gasteiger partial charge on any atom is 0.186 e. The molecule has 0 radical (unpaired) electrons. The highest BCUT2D eigenvalue weighted by molar-refractivity contribution is 4.88. The van der Waals surface area contributed by atoms with Crippen molar-refractivity contribution in [2.24, 2.45) is 0 Å². The molecule has 0 aliphatic carbocycles. The second-order valence-corrected chi connectivity index (χ2v) is 6.75. The molecule has 0 amide bonds. The molecule has 1 saturated heterocycles. The number of ether oxygens (including phenoxy) is 2. The van der Waals surface area contributed by atoms with Crippen LogP contribution in [0.5, 0.6) is 0 Å². The van der Waals surface area contributed by atoms with E-state index < -0.39 is 37.3 Å². The fourth-order valence-electron chi connectivity index (χ4n) is 2.99. The largest absolute Gasteiger partial charge is 0.394 e. The minimum Gasteiger partial charge on any atom is -0.394 e. The third-order valence-electron chi connectivity index (χ3n) is 4.63. The first-order valence-corrected chi connectivity index (χ1v) is 9.54. The zero-order valence-corrected chi connectivity index (χ0v) is 15.0. The molecule has 0 aromatic carbocycles. The Balaban J connectivity index is 2.02. The van der Waals surface area contributed by atoms with Crippen molar-refractivity contribution in [3.05, 3.63) is 0 Å². The lowest BCUT2D eigenvalue weighted by molar-refractivity contribution is -0.301. The Morgan fingerprint density at radius 1 is 0.750 bits per heavy atom. The van der Waals surface area contributed by atoms with Gasteiger partial charge in [-0.25, -0.2) is 0 Å². The van der Waals surface area contributed by atoms with Gasteiger partial charge in [-0.15, -0.1) is 0 Å². The Bertz CT molecular complexity index is 299. The van der Waals surface area contributed by atoms with Crippen molar-refractivity contribution < 1.29 is 29.9 Å². The summed E-state index contributed by atoms with van der Waals surface area (Å²) in [4.78, 5) is 0. The standard InChI is InChI=1S/C18H36O6/c1-2-3-4-5-6-7-8-9-10-11-12-23-18-17(22)16(21)15(20)14(13-19)24-18/h14-22H,2-13H2,1H3/t14-,15-,16+,17-,18+/m0/s1. The summed E-state index contributed by atoms with van der Waals surface area (Å²) >= 11 is 0. The molecule has 1 rings (SSSR count). The van der Waals surface area contributed by atoms with E-state index in [1.807, 2.05) is 0 Å². The summed E-state index contributed by atoms with van der Waals surface area (Å²) in [5, 5.41) is 38.3. The Morgan fingerprint density at radius 2 is 1.29 bits per heavy atom. The van der Waals surface area contributed by atoms with E-state index in [0.29, 0.717) is 6.61 Å². The molecule has 1 heterocycles. The number of hydrogen-bond acceptors (Lipinski definition) is 6. The topological polar surface area (TPSA) is 99.4 Å². The third kappa shape index (κ3) is 7.76. The zero-order chi connectivity index (χ0) is 17.8. The van der Waals surface area contributed by atoms with Gasteiger partial charge in [0.15, 0.2) is 6.29 Å².